The maximum absolute atomic E-state index is 13.0. The van der Waals surface area contributed by atoms with Crippen LogP contribution in [-0.4, -0.2) is 34.3 Å². The number of benzene rings is 1. The molecular weight excluding hydrogens is 414 g/mol. The third-order valence-corrected chi connectivity index (χ3v) is 5.95. The van der Waals surface area contributed by atoms with Crippen molar-refractivity contribution in [1.29, 1.82) is 0 Å². The van der Waals surface area contributed by atoms with E-state index in [1.54, 1.807) is 17.0 Å². The van der Waals surface area contributed by atoms with Crippen molar-refractivity contribution in [1.82, 2.24) is 34.3 Å². The third-order valence-electron chi connectivity index (χ3n) is 4.92. The summed E-state index contributed by atoms with van der Waals surface area (Å²) in [4.78, 5) is 21.6. The minimum Gasteiger partial charge on any atom is -0.338 e. The lowest BCUT2D eigenvalue weighted by Crippen LogP contribution is -2.23. The Bertz CT molecular complexity index is 1420. The van der Waals surface area contributed by atoms with E-state index in [0.717, 1.165) is 17.5 Å². The van der Waals surface area contributed by atoms with E-state index in [1.807, 2.05) is 54.6 Å². The molecule has 10 heteroatoms. The van der Waals surface area contributed by atoms with Crippen LogP contribution in [-0.2, 0) is 6.54 Å². The molecule has 0 radical (unpaired) electrons. The Morgan fingerprint density at radius 2 is 2.03 bits per heavy atom. The predicted molar refractivity (Wildman–Crippen MR) is 117 cm³/mol. The Kier molecular flexibility index (Phi) is 4.99. The quantitative estimate of drug-likeness (QED) is 0.373. The molecule has 5 aromatic rings. The summed E-state index contributed by atoms with van der Waals surface area (Å²) < 4.78 is 9.09. The van der Waals surface area contributed by atoms with Crippen LogP contribution in [0.4, 0.5) is 0 Å². The third kappa shape index (κ3) is 3.38. The first kappa shape index (κ1) is 19.4. The first-order valence-electron chi connectivity index (χ1n) is 9.94. The zero-order valence-corrected chi connectivity index (χ0v) is 17.8. The fraction of sp³-hybridized carbons (Fsp3) is 0.238. The first-order valence-corrected chi connectivity index (χ1v) is 10.8. The van der Waals surface area contributed by atoms with E-state index in [4.69, 9.17) is 4.52 Å². The van der Waals surface area contributed by atoms with E-state index in [-0.39, 0.29) is 10.8 Å². The summed E-state index contributed by atoms with van der Waals surface area (Å²) in [6, 6.07) is 11.2. The zero-order valence-electron chi connectivity index (χ0n) is 17.0. The molecule has 31 heavy (non-hydrogen) atoms. The normalized spacial score (nSPS) is 12.6. The molecule has 0 saturated carbocycles. The molecule has 4 aromatic heterocycles. The van der Waals surface area contributed by atoms with Crippen molar-refractivity contribution in [3.63, 3.8) is 0 Å². The maximum Gasteiger partial charge on any atom is 0.262 e. The summed E-state index contributed by atoms with van der Waals surface area (Å²) in [7, 11) is 0. The molecule has 156 valence electrons. The van der Waals surface area contributed by atoms with Crippen LogP contribution in [0.1, 0.15) is 31.4 Å². The van der Waals surface area contributed by atoms with Gasteiger partial charge in [-0.15, -0.1) is 10.2 Å². The van der Waals surface area contributed by atoms with Crippen molar-refractivity contribution in [2.45, 2.75) is 37.2 Å². The average Bonchev–Trinajstić information content (AvgIpc) is 3.45. The van der Waals surface area contributed by atoms with Gasteiger partial charge in [0.25, 0.3) is 5.56 Å². The zero-order chi connectivity index (χ0) is 21.4. The number of para-hydroxylation sites is 1. The van der Waals surface area contributed by atoms with Gasteiger partial charge in [-0.05, 0) is 37.6 Å². The highest BCUT2D eigenvalue weighted by Gasteiger charge is 2.22. The highest BCUT2D eigenvalue weighted by molar-refractivity contribution is 7.99. The first-order chi connectivity index (χ1) is 15.2. The van der Waals surface area contributed by atoms with Gasteiger partial charge in [-0.2, -0.15) is 4.98 Å². The lowest BCUT2D eigenvalue weighted by Gasteiger charge is -2.11. The topological polar surface area (TPSA) is 104 Å². The smallest absolute Gasteiger partial charge is 0.262 e. The van der Waals surface area contributed by atoms with Gasteiger partial charge in [0.05, 0.1) is 16.2 Å². The number of pyridine rings is 1. The van der Waals surface area contributed by atoms with E-state index in [1.165, 1.54) is 11.8 Å². The molecule has 0 amide bonds. The van der Waals surface area contributed by atoms with E-state index in [9.17, 15) is 4.79 Å². The molecule has 1 aromatic carbocycles. The monoisotopic (exact) mass is 433 g/mol. The Morgan fingerprint density at radius 3 is 2.84 bits per heavy atom. The summed E-state index contributed by atoms with van der Waals surface area (Å²) in [5, 5.41) is 13.9. The Labute approximate surface area is 181 Å². The van der Waals surface area contributed by atoms with Gasteiger partial charge < -0.3 is 4.52 Å². The molecule has 0 aliphatic heterocycles. The number of rotatable bonds is 6. The van der Waals surface area contributed by atoms with Gasteiger partial charge in [-0.25, -0.2) is 0 Å². The van der Waals surface area contributed by atoms with Crippen molar-refractivity contribution in [2.24, 2.45) is 0 Å². The lowest BCUT2D eigenvalue weighted by atomic mass is 10.2. The number of fused-ring (bicyclic) bond motifs is 3. The molecule has 5 rings (SSSR count). The Morgan fingerprint density at radius 1 is 1.16 bits per heavy atom. The van der Waals surface area contributed by atoms with Gasteiger partial charge in [0, 0.05) is 24.5 Å². The number of aromatic nitrogens is 7. The molecule has 0 saturated heterocycles. The van der Waals surface area contributed by atoms with Crippen LogP contribution in [0.3, 0.4) is 0 Å². The number of thioether (sulfide) groups is 1. The van der Waals surface area contributed by atoms with Crippen molar-refractivity contribution >= 4 is 28.4 Å². The fourth-order valence-corrected chi connectivity index (χ4v) is 4.34. The van der Waals surface area contributed by atoms with Crippen LogP contribution in [0.2, 0.25) is 0 Å². The molecule has 9 nitrogen and oxygen atoms in total. The molecule has 0 bridgehead atoms. The van der Waals surface area contributed by atoms with Crippen molar-refractivity contribution in [3.8, 4) is 11.4 Å². The van der Waals surface area contributed by atoms with Crippen LogP contribution in [0.5, 0.6) is 0 Å². The second-order valence-electron chi connectivity index (χ2n) is 7.05. The molecule has 0 aliphatic rings. The molecular formula is C21H19N7O2S. The van der Waals surface area contributed by atoms with E-state index in [0.29, 0.717) is 34.6 Å². The number of nitrogens with zero attached hydrogens (tertiary/aromatic N) is 7. The van der Waals surface area contributed by atoms with Gasteiger partial charge in [0.15, 0.2) is 5.16 Å². The molecule has 0 aliphatic carbocycles. The van der Waals surface area contributed by atoms with Crippen LogP contribution < -0.4 is 5.56 Å². The summed E-state index contributed by atoms with van der Waals surface area (Å²) in [6.45, 7) is 4.57. The molecule has 1 unspecified atom stereocenters. The van der Waals surface area contributed by atoms with E-state index >= 15 is 0 Å². The Hall–Kier alpha value is -3.53. The summed E-state index contributed by atoms with van der Waals surface area (Å²) in [5.74, 6) is 1.50. The highest BCUT2D eigenvalue weighted by Crippen LogP contribution is 2.34. The maximum atomic E-state index is 13.0. The minimum absolute atomic E-state index is 0.0556. The summed E-state index contributed by atoms with van der Waals surface area (Å²) in [5.41, 5.74) is 1.51. The van der Waals surface area contributed by atoms with Crippen molar-refractivity contribution in [2.75, 3.05) is 0 Å². The van der Waals surface area contributed by atoms with Gasteiger partial charge in [0.1, 0.15) is 0 Å². The van der Waals surface area contributed by atoms with Crippen LogP contribution >= 0.6 is 11.8 Å². The molecule has 4 heterocycles. The highest BCUT2D eigenvalue weighted by atomic mass is 32.2. The van der Waals surface area contributed by atoms with Crippen LogP contribution in [0.15, 0.2) is 63.3 Å². The molecule has 0 N–H and O–H groups in total. The van der Waals surface area contributed by atoms with Gasteiger partial charge in [-0.1, -0.05) is 36.0 Å². The molecule has 0 fully saturated rings. The van der Waals surface area contributed by atoms with E-state index < -0.39 is 0 Å². The van der Waals surface area contributed by atoms with E-state index in [2.05, 4.69) is 25.3 Å². The van der Waals surface area contributed by atoms with Crippen LogP contribution in [0.25, 0.3) is 28.1 Å². The number of hydrogen-bond acceptors (Lipinski definition) is 8. The SMILES string of the molecule is CCCn1c(=O)c2ccccc2n2c(SC(C)c3nc(-c4cccnc4)no3)nnc12. The van der Waals surface area contributed by atoms with Gasteiger partial charge >= 0.3 is 0 Å². The summed E-state index contributed by atoms with van der Waals surface area (Å²) in [6.07, 6.45) is 4.21. The number of hydrogen-bond donors (Lipinski definition) is 0. The minimum atomic E-state index is -0.171. The van der Waals surface area contributed by atoms with Gasteiger partial charge in [-0.3, -0.25) is 18.7 Å². The predicted octanol–water partition coefficient (Wildman–Crippen LogP) is 3.75. The summed E-state index contributed by atoms with van der Waals surface area (Å²) >= 11 is 1.45. The lowest BCUT2D eigenvalue weighted by molar-refractivity contribution is 0.380. The molecule has 0 spiro atoms. The fourth-order valence-electron chi connectivity index (χ4n) is 3.46. The average molecular weight is 433 g/mol. The largest absolute Gasteiger partial charge is 0.338 e. The second-order valence-corrected chi connectivity index (χ2v) is 8.36. The standard InChI is InChI=1S/C21H19N7O2S/c1-3-11-27-19(29)15-8-4-5-9-16(15)28-20(27)24-25-21(28)31-13(2)18-23-17(26-30-18)14-7-6-10-22-12-14/h4-10,12-13H,3,11H2,1-2H3. The molecule has 1 atom stereocenters. The van der Waals surface area contributed by atoms with Crippen LogP contribution in [0, 0.1) is 0 Å². The van der Waals surface area contributed by atoms with Gasteiger partial charge in [0.2, 0.25) is 17.5 Å². The van der Waals surface area contributed by atoms with Crippen molar-refractivity contribution in [3.05, 3.63) is 65.0 Å². The Balaban J connectivity index is 1.56. The number of aryl methyl sites for hydroxylation is 1. The van der Waals surface area contributed by atoms with Crippen molar-refractivity contribution < 1.29 is 4.52 Å². The second kappa shape index (κ2) is 7.95.